The zero-order chi connectivity index (χ0) is 23.6. The number of phenolic OH excluding ortho intramolecular Hbond substituents is 1. The van der Waals surface area contributed by atoms with Gasteiger partial charge in [-0.3, -0.25) is 0 Å². The van der Waals surface area contributed by atoms with E-state index in [-0.39, 0.29) is 28.7 Å². The Morgan fingerprint density at radius 2 is 1.32 bits per heavy atom. The molecule has 0 radical (unpaired) electrons. The Kier molecular flexibility index (Phi) is 7.11. The summed E-state index contributed by atoms with van der Waals surface area (Å²) in [6.07, 6.45) is 0. The molecule has 0 aliphatic heterocycles. The third-order valence-electron chi connectivity index (χ3n) is 5.10. The standard InChI is InChI=1S/C26H30O5/c1-13(2)19-11-18(12-20(14(3)4)23(19)27)26(30)31-24-21(15(5)6)9-17(25(28)29)10-22(24)16(7)8/h9-12,14,16,27H,1,5H2,2-4,6-8H3,(H,28,29). The van der Waals surface area contributed by atoms with Crippen molar-refractivity contribution in [2.24, 2.45) is 0 Å². The molecule has 5 heteroatoms. The molecule has 0 aromatic heterocycles. The predicted molar refractivity (Wildman–Crippen MR) is 124 cm³/mol. The Hall–Kier alpha value is -3.34. The first-order valence-electron chi connectivity index (χ1n) is 10.2. The fraction of sp³-hybridized carbons (Fsp3) is 0.308. The van der Waals surface area contributed by atoms with E-state index in [1.54, 1.807) is 26.0 Å². The highest BCUT2D eigenvalue weighted by Crippen LogP contribution is 2.37. The molecule has 2 rings (SSSR count). The number of hydrogen-bond donors (Lipinski definition) is 2. The van der Waals surface area contributed by atoms with Crippen molar-refractivity contribution in [1.29, 1.82) is 0 Å². The van der Waals surface area contributed by atoms with Gasteiger partial charge in [0.15, 0.2) is 0 Å². The van der Waals surface area contributed by atoms with E-state index in [4.69, 9.17) is 4.74 Å². The Morgan fingerprint density at radius 1 is 0.839 bits per heavy atom. The Balaban J connectivity index is 2.66. The number of carboxylic acids is 1. The van der Waals surface area contributed by atoms with Gasteiger partial charge in [0.05, 0.1) is 11.1 Å². The van der Waals surface area contributed by atoms with Crippen molar-refractivity contribution in [2.45, 2.75) is 53.4 Å². The van der Waals surface area contributed by atoms with Crippen LogP contribution in [0.15, 0.2) is 37.4 Å². The molecule has 31 heavy (non-hydrogen) atoms. The first-order valence-corrected chi connectivity index (χ1v) is 10.2. The highest BCUT2D eigenvalue weighted by atomic mass is 16.5. The summed E-state index contributed by atoms with van der Waals surface area (Å²) in [5.74, 6) is -1.36. The van der Waals surface area contributed by atoms with E-state index >= 15 is 0 Å². The molecule has 0 atom stereocenters. The zero-order valence-electron chi connectivity index (χ0n) is 19.0. The third kappa shape index (κ3) is 5.05. The van der Waals surface area contributed by atoms with Crippen molar-refractivity contribution in [3.05, 3.63) is 70.8 Å². The van der Waals surface area contributed by atoms with Gasteiger partial charge in [-0.2, -0.15) is 0 Å². The Morgan fingerprint density at radius 3 is 1.77 bits per heavy atom. The number of esters is 1. The molecule has 0 spiro atoms. The molecule has 2 aromatic rings. The van der Waals surface area contributed by atoms with E-state index in [0.717, 1.165) is 0 Å². The average Bonchev–Trinajstić information content (AvgIpc) is 2.66. The van der Waals surface area contributed by atoms with Crippen molar-refractivity contribution >= 4 is 23.1 Å². The van der Waals surface area contributed by atoms with E-state index in [9.17, 15) is 19.8 Å². The number of carboxylic acid groups (broad SMARTS) is 1. The molecular formula is C26H30O5. The van der Waals surface area contributed by atoms with E-state index in [2.05, 4.69) is 13.2 Å². The maximum Gasteiger partial charge on any atom is 0.343 e. The molecule has 2 aromatic carbocycles. The number of carbonyl (C=O) groups excluding carboxylic acids is 1. The lowest BCUT2D eigenvalue weighted by molar-refractivity contribution is 0.0696. The topological polar surface area (TPSA) is 83.8 Å². The summed E-state index contributed by atoms with van der Waals surface area (Å²) >= 11 is 0. The molecule has 2 N–H and O–H groups in total. The van der Waals surface area contributed by atoms with Gasteiger partial charge in [0.2, 0.25) is 0 Å². The predicted octanol–water partition coefficient (Wildman–Crippen LogP) is 6.62. The van der Waals surface area contributed by atoms with E-state index in [1.807, 2.05) is 27.7 Å². The van der Waals surface area contributed by atoms with Crippen molar-refractivity contribution in [2.75, 3.05) is 0 Å². The minimum atomic E-state index is -1.06. The lowest BCUT2D eigenvalue weighted by Crippen LogP contribution is -2.14. The van der Waals surface area contributed by atoms with Gasteiger partial charge in [-0.1, -0.05) is 40.9 Å². The van der Waals surface area contributed by atoms with Crippen molar-refractivity contribution in [3.63, 3.8) is 0 Å². The fourth-order valence-corrected chi connectivity index (χ4v) is 3.33. The van der Waals surface area contributed by atoms with Crippen molar-refractivity contribution in [1.82, 2.24) is 0 Å². The second-order valence-electron chi connectivity index (χ2n) is 8.47. The van der Waals surface area contributed by atoms with Crippen molar-refractivity contribution in [3.8, 4) is 11.5 Å². The monoisotopic (exact) mass is 422 g/mol. The molecule has 0 fully saturated rings. The quantitative estimate of drug-likeness (QED) is 0.387. The van der Waals surface area contributed by atoms with Crippen LogP contribution in [0.1, 0.15) is 96.3 Å². The van der Waals surface area contributed by atoms with Gasteiger partial charge in [0, 0.05) is 11.1 Å². The highest BCUT2D eigenvalue weighted by Gasteiger charge is 2.23. The van der Waals surface area contributed by atoms with Crippen molar-refractivity contribution < 1.29 is 24.5 Å². The summed E-state index contributed by atoms with van der Waals surface area (Å²) in [6.45, 7) is 19.0. The molecule has 0 aliphatic rings. The molecule has 5 nitrogen and oxygen atoms in total. The van der Waals surface area contributed by atoms with Crippen LogP contribution in [0.2, 0.25) is 0 Å². The summed E-state index contributed by atoms with van der Waals surface area (Å²) < 4.78 is 5.83. The van der Waals surface area contributed by atoms with Gasteiger partial charge < -0.3 is 14.9 Å². The number of carbonyl (C=O) groups is 2. The number of rotatable bonds is 7. The third-order valence-corrected chi connectivity index (χ3v) is 5.10. The van der Waals surface area contributed by atoms with Crippen LogP contribution in [0.5, 0.6) is 11.5 Å². The van der Waals surface area contributed by atoms with Crippen LogP contribution in [0.4, 0.5) is 0 Å². The van der Waals surface area contributed by atoms with Crippen LogP contribution in [-0.4, -0.2) is 22.2 Å². The van der Waals surface area contributed by atoms with E-state index in [0.29, 0.717) is 39.1 Å². The van der Waals surface area contributed by atoms with Gasteiger partial charge in [-0.25, -0.2) is 9.59 Å². The number of aromatic hydroxyl groups is 1. The first kappa shape index (κ1) is 23.9. The lowest BCUT2D eigenvalue weighted by atomic mass is 9.93. The molecule has 0 amide bonds. The molecule has 0 saturated carbocycles. The van der Waals surface area contributed by atoms with E-state index in [1.165, 1.54) is 12.1 Å². The highest BCUT2D eigenvalue weighted by molar-refractivity contribution is 5.95. The molecule has 0 bridgehead atoms. The van der Waals surface area contributed by atoms with Gasteiger partial charge in [-0.05, 0) is 72.2 Å². The van der Waals surface area contributed by atoms with Gasteiger partial charge in [-0.15, -0.1) is 0 Å². The molecular weight excluding hydrogens is 392 g/mol. The SMILES string of the molecule is C=C(C)c1cc(C(=O)Oc2c(C(=C)C)cc(C(=O)O)cc2C(C)C)cc(C(C)C)c1O. The number of hydrogen-bond acceptors (Lipinski definition) is 4. The molecule has 0 unspecified atom stereocenters. The van der Waals surface area contributed by atoms with Crippen LogP contribution in [0.25, 0.3) is 11.1 Å². The summed E-state index contributed by atoms with van der Waals surface area (Å²) in [5, 5.41) is 20.0. The second-order valence-corrected chi connectivity index (χ2v) is 8.47. The Labute approximate surface area is 183 Å². The van der Waals surface area contributed by atoms with Crippen LogP contribution in [0.3, 0.4) is 0 Å². The lowest BCUT2D eigenvalue weighted by Gasteiger charge is -2.19. The Bertz CT molecular complexity index is 1070. The fourth-order valence-electron chi connectivity index (χ4n) is 3.33. The number of benzene rings is 2. The smallest absolute Gasteiger partial charge is 0.343 e. The summed E-state index contributed by atoms with van der Waals surface area (Å²) in [4.78, 5) is 24.7. The minimum absolute atomic E-state index is 0.0158. The molecule has 0 aliphatic carbocycles. The normalized spacial score (nSPS) is 11.0. The number of ether oxygens (including phenoxy) is 1. The molecule has 164 valence electrons. The van der Waals surface area contributed by atoms with Crippen LogP contribution in [-0.2, 0) is 0 Å². The number of aromatic carboxylic acids is 1. The molecule has 0 heterocycles. The molecule has 0 saturated heterocycles. The van der Waals surface area contributed by atoms with Crippen LogP contribution < -0.4 is 4.74 Å². The summed E-state index contributed by atoms with van der Waals surface area (Å²) in [5.41, 5.74) is 3.80. The maximum atomic E-state index is 13.2. The van der Waals surface area contributed by atoms with Gasteiger partial charge >= 0.3 is 11.9 Å². The van der Waals surface area contributed by atoms with Gasteiger partial charge in [0.1, 0.15) is 11.5 Å². The maximum absolute atomic E-state index is 13.2. The summed E-state index contributed by atoms with van der Waals surface area (Å²) in [7, 11) is 0. The van der Waals surface area contributed by atoms with E-state index < -0.39 is 11.9 Å². The summed E-state index contributed by atoms with van der Waals surface area (Å²) in [6, 6.07) is 6.18. The van der Waals surface area contributed by atoms with Gasteiger partial charge in [0.25, 0.3) is 0 Å². The number of allylic oxidation sites excluding steroid dienone is 2. The minimum Gasteiger partial charge on any atom is -0.507 e. The largest absolute Gasteiger partial charge is 0.507 e. The second kappa shape index (κ2) is 9.21. The first-order chi connectivity index (χ1) is 14.3. The zero-order valence-corrected chi connectivity index (χ0v) is 19.0. The van der Waals surface area contributed by atoms with Crippen LogP contribution in [0, 0.1) is 0 Å². The number of phenols is 1. The van der Waals surface area contributed by atoms with Crippen LogP contribution >= 0.6 is 0 Å². The average molecular weight is 423 g/mol.